The van der Waals surface area contributed by atoms with Gasteiger partial charge in [-0.2, -0.15) is 4.98 Å². The van der Waals surface area contributed by atoms with Crippen LogP contribution in [0.1, 0.15) is 19.3 Å². The fourth-order valence-corrected chi connectivity index (χ4v) is 2.95. The van der Waals surface area contributed by atoms with Gasteiger partial charge in [-0.25, -0.2) is 10.8 Å². The van der Waals surface area contributed by atoms with Gasteiger partial charge in [-0.1, -0.05) is 0 Å². The van der Waals surface area contributed by atoms with E-state index in [1.807, 2.05) is 6.07 Å². The van der Waals surface area contributed by atoms with Crippen LogP contribution in [0.2, 0.25) is 0 Å². The second-order valence-electron chi connectivity index (χ2n) is 5.01. The monoisotopic (exact) mass is 248 g/mol. The van der Waals surface area contributed by atoms with E-state index in [1.165, 1.54) is 32.4 Å². The Morgan fingerprint density at radius 1 is 1.28 bits per heavy atom. The second kappa shape index (κ2) is 5.07. The average molecular weight is 248 g/mol. The lowest BCUT2D eigenvalue weighted by molar-refractivity contribution is 0.260. The van der Waals surface area contributed by atoms with E-state index in [9.17, 15) is 0 Å². The number of nitrogens with two attached hydrogens (primary N) is 1. The SMILES string of the molecule is NNc1nccc(N2CCC(N3CCCC3)C2)n1. The molecule has 0 aliphatic carbocycles. The summed E-state index contributed by atoms with van der Waals surface area (Å²) in [5.41, 5.74) is 2.50. The highest BCUT2D eigenvalue weighted by atomic mass is 15.3. The number of nitrogens with zero attached hydrogens (tertiary/aromatic N) is 4. The van der Waals surface area contributed by atoms with Crippen LogP contribution in [-0.4, -0.2) is 47.1 Å². The quantitative estimate of drug-likeness (QED) is 0.597. The molecule has 1 aromatic heterocycles. The molecular formula is C12H20N6. The topological polar surface area (TPSA) is 70.3 Å². The van der Waals surface area contributed by atoms with E-state index in [0.717, 1.165) is 18.9 Å². The van der Waals surface area contributed by atoms with Crippen LogP contribution < -0.4 is 16.2 Å². The molecule has 0 saturated carbocycles. The van der Waals surface area contributed by atoms with Gasteiger partial charge in [-0.3, -0.25) is 10.3 Å². The lowest BCUT2D eigenvalue weighted by Gasteiger charge is -2.24. The highest BCUT2D eigenvalue weighted by Crippen LogP contribution is 2.24. The minimum Gasteiger partial charge on any atom is -0.355 e. The van der Waals surface area contributed by atoms with Gasteiger partial charge >= 0.3 is 0 Å². The second-order valence-corrected chi connectivity index (χ2v) is 5.01. The van der Waals surface area contributed by atoms with E-state index in [2.05, 4.69) is 25.2 Å². The summed E-state index contributed by atoms with van der Waals surface area (Å²) < 4.78 is 0. The van der Waals surface area contributed by atoms with Crippen molar-refractivity contribution < 1.29 is 0 Å². The minimum absolute atomic E-state index is 0.483. The van der Waals surface area contributed by atoms with Crippen LogP contribution in [0.3, 0.4) is 0 Å². The smallest absolute Gasteiger partial charge is 0.239 e. The van der Waals surface area contributed by atoms with Gasteiger partial charge in [0.15, 0.2) is 0 Å². The Balaban J connectivity index is 1.67. The Bertz CT molecular complexity index is 403. The molecule has 0 radical (unpaired) electrons. The third-order valence-corrected chi connectivity index (χ3v) is 3.91. The molecule has 3 N–H and O–H groups in total. The van der Waals surface area contributed by atoms with E-state index in [4.69, 9.17) is 5.84 Å². The Morgan fingerprint density at radius 3 is 2.89 bits per heavy atom. The first-order valence-corrected chi connectivity index (χ1v) is 6.65. The minimum atomic E-state index is 0.483. The molecule has 0 amide bonds. The van der Waals surface area contributed by atoms with Crippen molar-refractivity contribution in [3.63, 3.8) is 0 Å². The molecule has 6 heteroatoms. The lowest BCUT2D eigenvalue weighted by Crippen LogP contribution is -2.35. The number of rotatable bonds is 3. The number of nitrogen functional groups attached to an aromatic ring is 1. The predicted molar refractivity (Wildman–Crippen MR) is 71.3 cm³/mol. The van der Waals surface area contributed by atoms with Crippen molar-refractivity contribution >= 4 is 11.8 Å². The van der Waals surface area contributed by atoms with Crippen LogP contribution >= 0.6 is 0 Å². The van der Waals surface area contributed by atoms with Crippen molar-refractivity contribution in [3.8, 4) is 0 Å². The standard InChI is InChI=1S/C12H20N6/c13-16-12-14-5-3-11(15-12)18-8-4-10(9-18)17-6-1-2-7-17/h3,5,10H,1-2,4,6-9,13H2,(H,14,15,16). The van der Waals surface area contributed by atoms with Gasteiger partial charge in [0.05, 0.1) is 0 Å². The molecule has 0 spiro atoms. The number of hydrogen-bond donors (Lipinski definition) is 2. The van der Waals surface area contributed by atoms with Gasteiger partial charge < -0.3 is 4.90 Å². The Labute approximate surface area is 107 Å². The molecule has 1 unspecified atom stereocenters. The van der Waals surface area contributed by atoms with Gasteiger partial charge in [0.25, 0.3) is 0 Å². The van der Waals surface area contributed by atoms with Crippen LogP contribution in [0, 0.1) is 0 Å². The summed E-state index contributed by atoms with van der Waals surface area (Å²) in [6, 6.07) is 2.64. The summed E-state index contributed by atoms with van der Waals surface area (Å²) in [4.78, 5) is 13.4. The lowest BCUT2D eigenvalue weighted by atomic mass is 10.2. The summed E-state index contributed by atoms with van der Waals surface area (Å²) >= 11 is 0. The zero-order valence-corrected chi connectivity index (χ0v) is 10.5. The number of hydrogen-bond acceptors (Lipinski definition) is 6. The summed E-state index contributed by atoms with van der Waals surface area (Å²) in [6.07, 6.45) is 5.69. The molecule has 2 aliphatic heterocycles. The number of likely N-dealkylation sites (tertiary alicyclic amines) is 1. The maximum atomic E-state index is 5.34. The predicted octanol–water partition coefficient (Wildman–Crippen LogP) is 0.437. The van der Waals surface area contributed by atoms with Gasteiger partial charge in [-0.05, 0) is 38.4 Å². The van der Waals surface area contributed by atoms with E-state index in [-0.39, 0.29) is 0 Å². The van der Waals surface area contributed by atoms with Crippen molar-refractivity contribution in [3.05, 3.63) is 12.3 Å². The number of hydrazine groups is 1. The first kappa shape index (κ1) is 11.7. The maximum absolute atomic E-state index is 5.34. The normalized spacial score (nSPS) is 24.7. The third kappa shape index (κ3) is 2.26. The van der Waals surface area contributed by atoms with Crippen LogP contribution in [0.5, 0.6) is 0 Å². The summed E-state index contributed by atoms with van der Waals surface area (Å²) in [5, 5.41) is 0. The van der Waals surface area contributed by atoms with Crippen molar-refractivity contribution in [2.45, 2.75) is 25.3 Å². The maximum Gasteiger partial charge on any atom is 0.239 e. The van der Waals surface area contributed by atoms with Crippen LogP contribution in [0.25, 0.3) is 0 Å². The Hall–Kier alpha value is -1.40. The van der Waals surface area contributed by atoms with Crippen molar-refractivity contribution in [1.82, 2.24) is 14.9 Å². The molecule has 2 aliphatic rings. The zero-order chi connectivity index (χ0) is 12.4. The number of nitrogens with one attached hydrogen (secondary N) is 1. The third-order valence-electron chi connectivity index (χ3n) is 3.91. The van der Waals surface area contributed by atoms with Crippen molar-refractivity contribution in [2.75, 3.05) is 36.5 Å². The Morgan fingerprint density at radius 2 is 2.11 bits per heavy atom. The molecular weight excluding hydrogens is 228 g/mol. The fourth-order valence-electron chi connectivity index (χ4n) is 2.95. The summed E-state index contributed by atoms with van der Waals surface area (Å²) in [5.74, 6) is 6.80. The Kier molecular flexibility index (Phi) is 3.29. The molecule has 2 fully saturated rings. The highest BCUT2D eigenvalue weighted by Gasteiger charge is 2.29. The van der Waals surface area contributed by atoms with Crippen molar-refractivity contribution in [2.24, 2.45) is 5.84 Å². The van der Waals surface area contributed by atoms with E-state index in [1.54, 1.807) is 6.20 Å². The van der Waals surface area contributed by atoms with Gasteiger partial charge in [0, 0.05) is 25.3 Å². The number of anilines is 2. The van der Waals surface area contributed by atoms with Crippen molar-refractivity contribution in [1.29, 1.82) is 0 Å². The average Bonchev–Trinajstić information content (AvgIpc) is 3.09. The van der Waals surface area contributed by atoms with E-state index < -0.39 is 0 Å². The van der Waals surface area contributed by atoms with Crippen LogP contribution in [-0.2, 0) is 0 Å². The molecule has 1 atom stereocenters. The molecule has 98 valence electrons. The van der Waals surface area contributed by atoms with E-state index in [0.29, 0.717) is 12.0 Å². The van der Waals surface area contributed by atoms with Gasteiger partial charge in [0.1, 0.15) is 5.82 Å². The molecule has 3 rings (SSSR count). The zero-order valence-electron chi connectivity index (χ0n) is 10.5. The molecule has 18 heavy (non-hydrogen) atoms. The summed E-state index contributed by atoms with van der Waals surface area (Å²) in [7, 11) is 0. The van der Waals surface area contributed by atoms with Gasteiger partial charge in [-0.15, -0.1) is 0 Å². The molecule has 1 aromatic rings. The highest BCUT2D eigenvalue weighted by molar-refractivity contribution is 5.43. The molecule has 3 heterocycles. The first-order valence-electron chi connectivity index (χ1n) is 6.65. The first-order chi connectivity index (χ1) is 8.86. The largest absolute Gasteiger partial charge is 0.355 e. The van der Waals surface area contributed by atoms with E-state index >= 15 is 0 Å². The molecule has 2 saturated heterocycles. The van der Waals surface area contributed by atoms with Crippen LogP contribution in [0.4, 0.5) is 11.8 Å². The number of aromatic nitrogens is 2. The van der Waals surface area contributed by atoms with Gasteiger partial charge in [0.2, 0.25) is 5.95 Å². The molecule has 6 nitrogen and oxygen atoms in total. The fraction of sp³-hybridized carbons (Fsp3) is 0.667. The summed E-state index contributed by atoms with van der Waals surface area (Å²) in [6.45, 7) is 4.67. The van der Waals surface area contributed by atoms with Crippen LogP contribution in [0.15, 0.2) is 12.3 Å². The molecule has 0 bridgehead atoms. The molecule has 0 aromatic carbocycles.